The van der Waals surface area contributed by atoms with Crippen LogP contribution in [0.1, 0.15) is 37.3 Å². The molecule has 2 rings (SSSR count). The van der Waals surface area contributed by atoms with Crippen molar-refractivity contribution in [2.24, 2.45) is 5.73 Å². The molecule has 0 aliphatic carbocycles. The molecule has 0 radical (unpaired) electrons. The summed E-state index contributed by atoms with van der Waals surface area (Å²) in [5.41, 5.74) is 7.44. The van der Waals surface area contributed by atoms with Crippen molar-refractivity contribution in [2.75, 3.05) is 12.9 Å². The van der Waals surface area contributed by atoms with E-state index in [1.807, 2.05) is 0 Å². The molecule has 0 amide bonds. The molecule has 3 heteroatoms. The highest BCUT2D eigenvalue weighted by Gasteiger charge is 2.16. The summed E-state index contributed by atoms with van der Waals surface area (Å²) in [6, 6.07) is 8.73. The fraction of sp³-hybridized carbons (Fsp3) is 0.571. The molecule has 1 aliphatic rings. The minimum atomic E-state index is 0.148. The molecule has 2 unspecified atom stereocenters. The number of hydrogen-bond donors (Lipinski definition) is 1. The fourth-order valence-electron chi connectivity index (χ4n) is 2.26. The Hall–Kier alpha value is -0.510. The topological polar surface area (TPSA) is 35.2 Å². The van der Waals surface area contributed by atoms with Gasteiger partial charge in [0.05, 0.1) is 6.10 Å². The summed E-state index contributed by atoms with van der Waals surface area (Å²) in [6.45, 7) is 0.933. The Balaban J connectivity index is 1.83. The van der Waals surface area contributed by atoms with Crippen molar-refractivity contribution in [3.8, 4) is 0 Å². The lowest BCUT2D eigenvalue weighted by Gasteiger charge is -2.15. The summed E-state index contributed by atoms with van der Waals surface area (Å²) in [6.07, 6.45) is 7.06. The highest BCUT2D eigenvalue weighted by Crippen LogP contribution is 2.24. The van der Waals surface area contributed by atoms with Crippen molar-refractivity contribution in [3.63, 3.8) is 0 Å². The van der Waals surface area contributed by atoms with E-state index in [-0.39, 0.29) is 6.04 Å². The van der Waals surface area contributed by atoms with Gasteiger partial charge in [-0.2, -0.15) is 0 Å². The van der Waals surface area contributed by atoms with Gasteiger partial charge < -0.3 is 10.5 Å². The molecule has 2 atom stereocenters. The highest BCUT2D eigenvalue weighted by atomic mass is 32.2. The third-order valence-corrected chi connectivity index (χ3v) is 4.11. The quantitative estimate of drug-likeness (QED) is 0.815. The van der Waals surface area contributed by atoms with E-state index in [2.05, 4.69) is 30.5 Å². The first-order chi connectivity index (χ1) is 8.29. The summed E-state index contributed by atoms with van der Waals surface area (Å²) in [7, 11) is 0. The fourth-order valence-corrected chi connectivity index (χ4v) is 2.66. The predicted octanol–water partition coefficient (Wildman–Crippen LogP) is 3.37. The molecule has 1 aliphatic heterocycles. The Bertz CT molecular complexity index is 333. The monoisotopic (exact) mass is 251 g/mol. The van der Waals surface area contributed by atoms with E-state index >= 15 is 0 Å². The van der Waals surface area contributed by atoms with Crippen molar-refractivity contribution in [1.82, 2.24) is 0 Å². The summed E-state index contributed by atoms with van der Waals surface area (Å²) in [5, 5.41) is 0. The molecular formula is C14H21NOS. The lowest BCUT2D eigenvalue weighted by molar-refractivity contribution is 0.101. The van der Waals surface area contributed by atoms with Crippen molar-refractivity contribution < 1.29 is 4.74 Å². The van der Waals surface area contributed by atoms with Gasteiger partial charge in [-0.15, -0.1) is 11.8 Å². The maximum Gasteiger partial charge on any atom is 0.0576 e. The Labute approximate surface area is 108 Å². The predicted molar refractivity (Wildman–Crippen MR) is 73.4 cm³/mol. The van der Waals surface area contributed by atoms with Gasteiger partial charge in [0.1, 0.15) is 0 Å². The van der Waals surface area contributed by atoms with Crippen LogP contribution in [0, 0.1) is 0 Å². The number of hydrogen-bond acceptors (Lipinski definition) is 3. The van der Waals surface area contributed by atoms with Crippen molar-refractivity contribution >= 4 is 11.8 Å². The van der Waals surface area contributed by atoms with Gasteiger partial charge in [0.2, 0.25) is 0 Å². The van der Waals surface area contributed by atoms with Crippen LogP contribution in [0.2, 0.25) is 0 Å². The lowest BCUT2D eigenvalue weighted by atomic mass is 10.0. The van der Waals surface area contributed by atoms with Crippen LogP contribution >= 0.6 is 11.8 Å². The van der Waals surface area contributed by atoms with Crippen molar-refractivity contribution in [3.05, 3.63) is 29.8 Å². The normalized spacial score (nSPS) is 21.6. The summed E-state index contributed by atoms with van der Waals surface area (Å²) in [4.78, 5) is 1.29. The Morgan fingerprint density at radius 2 is 2.18 bits per heavy atom. The van der Waals surface area contributed by atoms with Gasteiger partial charge in [0.15, 0.2) is 0 Å². The van der Waals surface area contributed by atoms with E-state index < -0.39 is 0 Å². The smallest absolute Gasteiger partial charge is 0.0576 e. The first kappa shape index (κ1) is 12.9. The van der Waals surface area contributed by atoms with E-state index in [1.165, 1.54) is 23.3 Å². The molecule has 1 fully saturated rings. The Morgan fingerprint density at radius 1 is 1.41 bits per heavy atom. The number of nitrogens with two attached hydrogens (primary N) is 1. The van der Waals surface area contributed by atoms with Crippen LogP contribution in [0.3, 0.4) is 0 Å². The first-order valence-electron chi connectivity index (χ1n) is 6.30. The van der Waals surface area contributed by atoms with Crippen molar-refractivity contribution in [2.45, 2.75) is 42.7 Å². The number of thioether (sulfide) groups is 1. The molecule has 0 bridgehead atoms. The zero-order chi connectivity index (χ0) is 12.1. The number of rotatable bonds is 5. The number of benzene rings is 1. The first-order valence-corrected chi connectivity index (χ1v) is 7.53. The molecule has 1 heterocycles. The van der Waals surface area contributed by atoms with Gasteiger partial charge in [-0.05, 0) is 49.6 Å². The van der Waals surface area contributed by atoms with Crippen LogP contribution in [0.15, 0.2) is 29.2 Å². The summed E-state index contributed by atoms with van der Waals surface area (Å²) in [5.74, 6) is 0. The SMILES string of the molecule is CSc1ccc(C(N)CCC2CCCO2)cc1. The maximum atomic E-state index is 6.20. The molecule has 2 N–H and O–H groups in total. The largest absolute Gasteiger partial charge is 0.378 e. The van der Waals surface area contributed by atoms with Crippen LogP contribution in [0.25, 0.3) is 0 Å². The minimum Gasteiger partial charge on any atom is -0.378 e. The zero-order valence-corrected chi connectivity index (χ0v) is 11.2. The highest BCUT2D eigenvalue weighted by molar-refractivity contribution is 7.98. The third kappa shape index (κ3) is 3.73. The van der Waals surface area contributed by atoms with Gasteiger partial charge in [-0.1, -0.05) is 12.1 Å². The second kappa shape index (κ2) is 6.43. The zero-order valence-electron chi connectivity index (χ0n) is 10.4. The molecule has 17 heavy (non-hydrogen) atoms. The maximum absolute atomic E-state index is 6.20. The molecule has 1 saturated heterocycles. The summed E-state index contributed by atoms with van der Waals surface area (Å²) >= 11 is 1.76. The van der Waals surface area contributed by atoms with Crippen LogP contribution in [-0.4, -0.2) is 19.0 Å². The van der Waals surface area contributed by atoms with Crippen LogP contribution in [0.5, 0.6) is 0 Å². The van der Waals surface area contributed by atoms with E-state index in [1.54, 1.807) is 11.8 Å². The lowest BCUT2D eigenvalue weighted by Crippen LogP contribution is -2.14. The van der Waals surface area contributed by atoms with Gasteiger partial charge in [-0.3, -0.25) is 0 Å². The molecule has 0 saturated carbocycles. The Kier molecular flexibility index (Phi) is 4.89. The second-order valence-electron chi connectivity index (χ2n) is 4.59. The van der Waals surface area contributed by atoms with E-state index in [9.17, 15) is 0 Å². The average molecular weight is 251 g/mol. The van der Waals surface area contributed by atoms with Gasteiger partial charge >= 0.3 is 0 Å². The van der Waals surface area contributed by atoms with Crippen molar-refractivity contribution in [1.29, 1.82) is 0 Å². The average Bonchev–Trinajstić information content (AvgIpc) is 2.89. The van der Waals surface area contributed by atoms with Gasteiger partial charge in [-0.25, -0.2) is 0 Å². The molecule has 1 aromatic carbocycles. The van der Waals surface area contributed by atoms with E-state index in [0.717, 1.165) is 19.4 Å². The van der Waals surface area contributed by atoms with Gasteiger partial charge in [0, 0.05) is 17.5 Å². The molecule has 2 nitrogen and oxygen atoms in total. The van der Waals surface area contributed by atoms with Gasteiger partial charge in [0.25, 0.3) is 0 Å². The molecule has 94 valence electrons. The van der Waals surface area contributed by atoms with Crippen LogP contribution in [-0.2, 0) is 4.74 Å². The molecule has 0 aromatic heterocycles. The minimum absolute atomic E-state index is 0.148. The molecular weight excluding hydrogens is 230 g/mol. The van der Waals surface area contributed by atoms with E-state index in [0.29, 0.717) is 6.10 Å². The third-order valence-electron chi connectivity index (χ3n) is 3.37. The summed E-state index contributed by atoms with van der Waals surface area (Å²) < 4.78 is 5.62. The van der Waals surface area contributed by atoms with Crippen LogP contribution < -0.4 is 5.73 Å². The van der Waals surface area contributed by atoms with Crippen LogP contribution in [0.4, 0.5) is 0 Å². The Morgan fingerprint density at radius 3 is 2.76 bits per heavy atom. The standard InChI is InChI=1S/C14H21NOS/c1-17-13-7-4-11(5-8-13)14(15)9-6-12-3-2-10-16-12/h4-5,7-8,12,14H,2-3,6,9-10,15H2,1H3. The number of ether oxygens (including phenoxy) is 1. The molecule has 1 aromatic rings. The molecule has 0 spiro atoms. The second-order valence-corrected chi connectivity index (χ2v) is 5.47. The van der Waals surface area contributed by atoms with E-state index in [4.69, 9.17) is 10.5 Å².